The minimum absolute atomic E-state index is 0. The van der Waals surface area contributed by atoms with Gasteiger partial charge in [0.25, 0.3) is 0 Å². The molecule has 2 aromatic rings. The van der Waals surface area contributed by atoms with Gasteiger partial charge in [-0.25, -0.2) is 4.79 Å². The Morgan fingerprint density at radius 3 is 2.00 bits per heavy atom. The highest BCUT2D eigenvalue weighted by molar-refractivity contribution is 5.86. The van der Waals surface area contributed by atoms with Gasteiger partial charge in [0, 0.05) is 5.57 Å². The first kappa shape index (κ1) is 20.9. The van der Waals surface area contributed by atoms with E-state index in [1.807, 2.05) is 24.3 Å². The number of nitriles is 1. The predicted molar refractivity (Wildman–Crippen MR) is 96.5 cm³/mol. The van der Waals surface area contributed by atoms with Crippen molar-refractivity contribution < 1.29 is 14.3 Å². The quantitative estimate of drug-likeness (QED) is 0.443. The molecule has 0 aromatic heterocycles. The number of hydrogen-bond donors (Lipinski definition) is 0. The van der Waals surface area contributed by atoms with Gasteiger partial charge in [0.05, 0.1) is 11.6 Å². The van der Waals surface area contributed by atoms with E-state index in [-0.39, 0.29) is 21.6 Å². The predicted octanol–water partition coefficient (Wildman–Crippen LogP) is 4.95. The normalized spacial score (nSPS) is 8.83. The lowest BCUT2D eigenvalue weighted by atomic mass is 10.0. The number of esters is 1. The molecular formula is C20H23NO3. The van der Waals surface area contributed by atoms with Crippen LogP contribution in [0.3, 0.4) is 0 Å². The Bertz CT molecular complexity index is 710. The molecule has 0 aliphatic rings. The molecule has 2 rings (SSSR count). The van der Waals surface area contributed by atoms with E-state index in [4.69, 9.17) is 14.7 Å². The summed E-state index contributed by atoms with van der Waals surface area (Å²) in [4.78, 5) is 11.2. The number of rotatable bonds is 5. The molecule has 24 heavy (non-hydrogen) atoms. The van der Waals surface area contributed by atoms with Crippen molar-refractivity contribution in [3.05, 3.63) is 66.2 Å². The lowest BCUT2D eigenvalue weighted by molar-refractivity contribution is -0.145. The zero-order valence-electron chi connectivity index (χ0n) is 12.2. The molecular weight excluding hydrogens is 302 g/mol. The van der Waals surface area contributed by atoms with Crippen molar-refractivity contribution in [2.45, 2.75) is 21.8 Å². The highest BCUT2D eigenvalue weighted by Gasteiger charge is 2.03. The van der Waals surface area contributed by atoms with Crippen molar-refractivity contribution in [1.82, 2.24) is 0 Å². The molecule has 0 bridgehead atoms. The summed E-state index contributed by atoms with van der Waals surface area (Å²) in [5.74, 6) is 0.126. The zero-order valence-corrected chi connectivity index (χ0v) is 12.2. The van der Waals surface area contributed by atoms with Gasteiger partial charge in [0.15, 0.2) is 0 Å². The molecule has 4 heteroatoms. The van der Waals surface area contributed by atoms with Crippen LogP contribution in [0.15, 0.2) is 60.7 Å². The first-order valence-corrected chi connectivity index (χ1v) is 6.66. The highest BCUT2D eigenvalue weighted by Crippen LogP contribution is 2.22. The van der Waals surface area contributed by atoms with Crippen LogP contribution in [0.1, 0.15) is 27.3 Å². The van der Waals surface area contributed by atoms with Crippen LogP contribution < -0.4 is 4.74 Å². The summed E-state index contributed by atoms with van der Waals surface area (Å²) in [5, 5.41) is 8.78. The standard InChI is InChI=1S/C18H15NO3.2CH4/c1-13(2)18(20)22-12-21-17-9-7-16(8-10-17)15-5-3-14(11-19)4-6-15;;/h3-10H,1,12H2,2H3;2*1H4. The van der Waals surface area contributed by atoms with Gasteiger partial charge in [-0.2, -0.15) is 5.26 Å². The number of ether oxygens (including phenoxy) is 2. The summed E-state index contributed by atoms with van der Waals surface area (Å²) < 4.78 is 10.2. The molecule has 0 unspecified atom stereocenters. The molecule has 0 heterocycles. The van der Waals surface area contributed by atoms with Crippen LogP contribution in [-0.4, -0.2) is 12.8 Å². The first-order chi connectivity index (χ1) is 10.6. The first-order valence-electron chi connectivity index (χ1n) is 6.66. The third-order valence-corrected chi connectivity index (χ3v) is 2.97. The Hall–Kier alpha value is -3.06. The van der Waals surface area contributed by atoms with Gasteiger partial charge in [-0.15, -0.1) is 0 Å². The molecule has 0 atom stereocenters. The third-order valence-electron chi connectivity index (χ3n) is 2.97. The molecule has 4 nitrogen and oxygen atoms in total. The highest BCUT2D eigenvalue weighted by atomic mass is 16.7. The monoisotopic (exact) mass is 325 g/mol. The average Bonchev–Trinajstić information content (AvgIpc) is 2.55. The van der Waals surface area contributed by atoms with Crippen LogP contribution in [0.4, 0.5) is 0 Å². The largest absolute Gasteiger partial charge is 0.457 e. The summed E-state index contributed by atoms with van der Waals surface area (Å²) >= 11 is 0. The summed E-state index contributed by atoms with van der Waals surface area (Å²) in [6, 6.07) is 16.8. The van der Waals surface area contributed by atoms with Crippen LogP contribution in [0.5, 0.6) is 5.75 Å². The van der Waals surface area contributed by atoms with Gasteiger partial charge in [-0.3, -0.25) is 0 Å². The Morgan fingerprint density at radius 1 is 1.04 bits per heavy atom. The Morgan fingerprint density at radius 2 is 1.54 bits per heavy atom. The zero-order chi connectivity index (χ0) is 15.9. The van der Waals surface area contributed by atoms with Gasteiger partial charge in [-0.1, -0.05) is 45.7 Å². The minimum Gasteiger partial charge on any atom is -0.457 e. The van der Waals surface area contributed by atoms with E-state index >= 15 is 0 Å². The molecule has 0 spiro atoms. The second kappa shape index (κ2) is 9.86. The van der Waals surface area contributed by atoms with Crippen molar-refractivity contribution in [3.63, 3.8) is 0 Å². The minimum atomic E-state index is -0.478. The fraction of sp³-hybridized carbons (Fsp3) is 0.200. The molecule has 0 amide bonds. The van der Waals surface area contributed by atoms with Crippen molar-refractivity contribution in [3.8, 4) is 22.9 Å². The molecule has 0 aliphatic carbocycles. The number of benzene rings is 2. The van der Waals surface area contributed by atoms with Crippen molar-refractivity contribution in [2.24, 2.45) is 0 Å². The molecule has 0 aliphatic heterocycles. The van der Waals surface area contributed by atoms with Crippen LogP contribution >= 0.6 is 0 Å². The Labute approximate surface area is 144 Å². The van der Waals surface area contributed by atoms with E-state index in [0.717, 1.165) is 11.1 Å². The molecule has 0 saturated heterocycles. The van der Waals surface area contributed by atoms with Gasteiger partial charge in [0.1, 0.15) is 5.75 Å². The maximum atomic E-state index is 11.2. The van der Waals surface area contributed by atoms with E-state index in [9.17, 15) is 4.79 Å². The third kappa shape index (κ3) is 5.62. The van der Waals surface area contributed by atoms with Gasteiger partial charge >= 0.3 is 5.97 Å². The van der Waals surface area contributed by atoms with Crippen molar-refractivity contribution in [1.29, 1.82) is 5.26 Å². The SMILES string of the molecule is C.C.C=C(C)C(=O)OCOc1ccc(-c2ccc(C#N)cc2)cc1. The van der Waals surface area contributed by atoms with E-state index in [0.29, 0.717) is 16.9 Å². The molecule has 0 fully saturated rings. The topological polar surface area (TPSA) is 59.3 Å². The van der Waals surface area contributed by atoms with Crippen LogP contribution in [-0.2, 0) is 9.53 Å². The molecule has 2 aromatic carbocycles. The van der Waals surface area contributed by atoms with E-state index < -0.39 is 5.97 Å². The Kier molecular flexibility index (Phi) is 8.60. The summed E-state index contributed by atoms with van der Waals surface area (Å²) in [7, 11) is 0. The number of nitrogens with zero attached hydrogens (tertiary/aromatic N) is 1. The lowest BCUT2D eigenvalue weighted by Crippen LogP contribution is -2.10. The van der Waals surface area contributed by atoms with Gasteiger partial charge in [-0.05, 0) is 42.3 Å². The second-order valence-electron chi connectivity index (χ2n) is 4.69. The summed E-state index contributed by atoms with van der Waals surface area (Å²) in [5.41, 5.74) is 2.98. The van der Waals surface area contributed by atoms with Crippen LogP contribution in [0.2, 0.25) is 0 Å². The van der Waals surface area contributed by atoms with Crippen LogP contribution in [0, 0.1) is 11.3 Å². The summed E-state index contributed by atoms with van der Waals surface area (Å²) in [6.07, 6.45) is 0. The molecule has 126 valence electrons. The van der Waals surface area contributed by atoms with Crippen molar-refractivity contribution >= 4 is 5.97 Å². The lowest BCUT2D eigenvalue weighted by Gasteiger charge is -2.08. The maximum Gasteiger partial charge on any atom is 0.335 e. The fourth-order valence-corrected chi connectivity index (χ4v) is 1.76. The molecule has 0 radical (unpaired) electrons. The average molecular weight is 325 g/mol. The maximum absolute atomic E-state index is 11.2. The number of carbonyl (C=O) groups is 1. The smallest absolute Gasteiger partial charge is 0.335 e. The Balaban J connectivity index is 0.00000264. The molecule has 0 saturated carbocycles. The fourth-order valence-electron chi connectivity index (χ4n) is 1.76. The van der Waals surface area contributed by atoms with Crippen LogP contribution in [0.25, 0.3) is 11.1 Å². The van der Waals surface area contributed by atoms with E-state index in [1.165, 1.54) is 0 Å². The summed E-state index contributed by atoms with van der Waals surface area (Å²) in [6.45, 7) is 4.92. The molecule has 0 N–H and O–H groups in total. The van der Waals surface area contributed by atoms with E-state index in [1.54, 1.807) is 31.2 Å². The van der Waals surface area contributed by atoms with Crippen molar-refractivity contribution in [2.75, 3.05) is 6.79 Å². The number of hydrogen-bond acceptors (Lipinski definition) is 4. The van der Waals surface area contributed by atoms with Gasteiger partial charge in [0.2, 0.25) is 6.79 Å². The van der Waals surface area contributed by atoms with E-state index in [2.05, 4.69) is 12.6 Å². The van der Waals surface area contributed by atoms with Gasteiger partial charge < -0.3 is 9.47 Å². The number of carbonyl (C=O) groups excluding carboxylic acids is 1. The second-order valence-corrected chi connectivity index (χ2v) is 4.69.